The first-order valence-corrected chi connectivity index (χ1v) is 7.45. The van der Waals surface area contributed by atoms with Crippen LogP contribution in [-0.4, -0.2) is 19.0 Å². The zero-order chi connectivity index (χ0) is 14.8. The first-order chi connectivity index (χ1) is 9.39. The average molecular weight is 274 g/mol. The summed E-state index contributed by atoms with van der Waals surface area (Å²) < 4.78 is 0. The maximum atomic E-state index is 12.5. The Bertz CT molecular complexity index is 446. The van der Waals surface area contributed by atoms with Gasteiger partial charge in [0.05, 0.1) is 6.04 Å². The lowest BCUT2D eigenvalue weighted by molar-refractivity contribution is -0.128. The van der Waals surface area contributed by atoms with E-state index in [2.05, 4.69) is 43.5 Å². The minimum Gasteiger partial charge on any atom is -0.349 e. The number of amides is 1. The fourth-order valence-corrected chi connectivity index (χ4v) is 2.60. The Balaban J connectivity index is 2.10. The number of carbonyl (C=O) groups excluding carboxylic acids is 1. The molecule has 0 spiro atoms. The van der Waals surface area contributed by atoms with E-state index in [1.54, 1.807) is 0 Å². The Kier molecular flexibility index (Phi) is 4.48. The van der Waals surface area contributed by atoms with Crippen molar-refractivity contribution in [3.63, 3.8) is 0 Å². The summed E-state index contributed by atoms with van der Waals surface area (Å²) in [4.78, 5) is 12.5. The third kappa shape index (κ3) is 3.40. The normalized spacial score (nSPS) is 19.0. The Morgan fingerprint density at radius 3 is 2.30 bits per heavy atom. The molecule has 0 radical (unpaired) electrons. The predicted molar refractivity (Wildman–Crippen MR) is 82.3 cm³/mol. The van der Waals surface area contributed by atoms with E-state index in [0.717, 1.165) is 13.1 Å². The molecule has 3 heteroatoms. The molecule has 1 aliphatic rings. The van der Waals surface area contributed by atoms with Gasteiger partial charge < -0.3 is 10.6 Å². The van der Waals surface area contributed by atoms with Gasteiger partial charge in [-0.25, -0.2) is 0 Å². The largest absolute Gasteiger partial charge is 0.349 e. The van der Waals surface area contributed by atoms with Crippen molar-refractivity contribution in [2.24, 2.45) is 17.3 Å². The summed E-state index contributed by atoms with van der Waals surface area (Å²) in [5.41, 5.74) is 1.17. The van der Waals surface area contributed by atoms with Crippen molar-refractivity contribution in [1.29, 1.82) is 0 Å². The van der Waals surface area contributed by atoms with Crippen molar-refractivity contribution in [3.05, 3.63) is 35.9 Å². The number of hydrogen-bond donors (Lipinski definition) is 2. The zero-order valence-electron chi connectivity index (χ0n) is 12.9. The average Bonchev–Trinajstić information content (AvgIpc) is 2.33. The number of hydrogen-bond acceptors (Lipinski definition) is 2. The maximum Gasteiger partial charge on any atom is 0.223 e. The summed E-state index contributed by atoms with van der Waals surface area (Å²) in [7, 11) is 0. The molecule has 2 unspecified atom stereocenters. The number of benzene rings is 1. The predicted octanol–water partition coefficient (Wildman–Crippen LogP) is 2.75. The molecule has 1 saturated heterocycles. The third-order valence-corrected chi connectivity index (χ3v) is 4.22. The number of rotatable bonds is 4. The Hall–Kier alpha value is -1.35. The minimum atomic E-state index is -0.00536. The third-order valence-electron chi connectivity index (χ3n) is 4.22. The molecule has 20 heavy (non-hydrogen) atoms. The number of carbonyl (C=O) groups is 1. The molecule has 2 atom stereocenters. The second kappa shape index (κ2) is 5.96. The first kappa shape index (κ1) is 15.0. The second-order valence-electron chi connectivity index (χ2n) is 6.93. The molecule has 1 amide bonds. The molecule has 3 nitrogen and oxygen atoms in total. The van der Waals surface area contributed by atoms with Crippen LogP contribution in [-0.2, 0) is 4.79 Å². The van der Waals surface area contributed by atoms with Gasteiger partial charge >= 0.3 is 0 Å². The summed E-state index contributed by atoms with van der Waals surface area (Å²) >= 11 is 0. The van der Waals surface area contributed by atoms with Crippen molar-refractivity contribution in [2.75, 3.05) is 13.1 Å². The highest BCUT2D eigenvalue weighted by Gasteiger charge is 2.33. The van der Waals surface area contributed by atoms with Crippen LogP contribution in [0.5, 0.6) is 0 Å². The molecule has 0 aliphatic carbocycles. The summed E-state index contributed by atoms with van der Waals surface area (Å²) in [5.74, 6) is 0.719. The van der Waals surface area contributed by atoms with E-state index in [-0.39, 0.29) is 23.3 Å². The van der Waals surface area contributed by atoms with E-state index in [0.29, 0.717) is 5.92 Å². The summed E-state index contributed by atoms with van der Waals surface area (Å²) in [6.45, 7) is 10.5. The van der Waals surface area contributed by atoms with Crippen LogP contribution in [0.3, 0.4) is 0 Å². The lowest BCUT2D eigenvalue weighted by atomic mass is 9.81. The summed E-state index contributed by atoms with van der Waals surface area (Å²) in [6, 6.07) is 10.3. The Labute approximate surface area is 122 Å². The van der Waals surface area contributed by atoms with Gasteiger partial charge in [0.2, 0.25) is 5.91 Å². The molecule has 1 aromatic carbocycles. The molecule has 0 aromatic heterocycles. The van der Waals surface area contributed by atoms with Gasteiger partial charge in [0.15, 0.2) is 0 Å². The lowest BCUT2D eigenvalue weighted by Gasteiger charge is -2.36. The van der Waals surface area contributed by atoms with Crippen LogP contribution in [0, 0.1) is 17.3 Å². The lowest BCUT2D eigenvalue weighted by Crippen LogP contribution is -2.50. The van der Waals surface area contributed by atoms with Crippen LogP contribution in [0.25, 0.3) is 0 Å². The van der Waals surface area contributed by atoms with Gasteiger partial charge in [0.1, 0.15) is 0 Å². The van der Waals surface area contributed by atoms with Crippen molar-refractivity contribution in [3.8, 4) is 0 Å². The standard InChI is InChI=1S/C17H26N2O/c1-12(14-10-18-11-14)16(20)19-15(17(2,3)4)13-8-6-5-7-9-13/h5-9,12,14-15,18H,10-11H2,1-4H3,(H,19,20). The van der Waals surface area contributed by atoms with Gasteiger partial charge in [-0.05, 0) is 30.0 Å². The quantitative estimate of drug-likeness (QED) is 0.886. The molecular weight excluding hydrogens is 248 g/mol. The number of nitrogens with one attached hydrogen (secondary N) is 2. The highest BCUT2D eigenvalue weighted by Crippen LogP contribution is 2.33. The Morgan fingerprint density at radius 1 is 1.25 bits per heavy atom. The van der Waals surface area contributed by atoms with E-state index in [4.69, 9.17) is 0 Å². The molecular formula is C17H26N2O. The molecule has 2 rings (SSSR count). The van der Waals surface area contributed by atoms with Crippen LogP contribution < -0.4 is 10.6 Å². The minimum absolute atomic E-state index is 0.00536. The SMILES string of the molecule is CC(C(=O)NC(c1ccccc1)C(C)(C)C)C1CNC1. The molecule has 0 bridgehead atoms. The van der Waals surface area contributed by atoms with Crippen LogP contribution in [0.2, 0.25) is 0 Å². The highest BCUT2D eigenvalue weighted by atomic mass is 16.2. The summed E-state index contributed by atoms with van der Waals surface area (Å²) in [6.07, 6.45) is 0. The van der Waals surface area contributed by atoms with Crippen molar-refractivity contribution in [2.45, 2.75) is 33.7 Å². The molecule has 110 valence electrons. The van der Waals surface area contributed by atoms with Crippen LogP contribution in [0.1, 0.15) is 39.3 Å². The fraction of sp³-hybridized carbons (Fsp3) is 0.588. The van der Waals surface area contributed by atoms with E-state index in [9.17, 15) is 4.79 Å². The van der Waals surface area contributed by atoms with Crippen LogP contribution in [0.4, 0.5) is 0 Å². The van der Waals surface area contributed by atoms with Crippen LogP contribution >= 0.6 is 0 Å². The molecule has 1 heterocycles. The van der Waals surface area contributed by atoms with Gasteiger partial charge in [-0.2, -0.15) is 0 Å². The molecule has 1 aromatic rings. The zero-order valence-corrected chi connectivity index (χ0v) is 12.9. The molecule has 2 N–H and O–H groups in total. The van der Waals surface area contributed by atoms with E-state index in [1.807, 2.05) is 25.1 Å². The van der Waals surface area contributed by atoms with E-state index >= 15 is 0 Å². The smallest absolute Gasteiger partial charge is 0.223 e. The Morgan fingerprint density at radius 2 is 1.85 bits per heavy atom. The van der Waals surface area contributed by atoms with Crippen LogP contribution in [0.15, 0.2) is 30.3 Å². The van der Waals surface area contributed by atoms with Crippen molar-refractivity contribution in [1.82, 2.24) is 10.6 Å². The van der Waals surface area contributed by atoms with Gasteiger partial charge in [0.25, 0.3) is 0 Å². The fourth-order valence-electron chi connectivity index (χ4n) is 2.60. The summed E-state index contributed by atoms with van der Waals surface area (Å²) in [5, 5.41) is 6.49. The second-order valence-corrected chi connectivity index (χ2v) is 6.93. The van der Waals surface area contributed by atoms with E-state index < -0.39 is 0 Å². The van der Waals surface area contributed by atoms with Gasteiger partial charge in [-0.3, -0.25) is 4.79 Å². The monoisotopic (exact) mass is 274 g/mol. The highest BCUT2D eigenvalue weighted by molar-refractivity contribution is 5.79. The van der Waals surface area contributed by atoms with Gasteiger partial charge in [0, 0.05) is 5.92 Å². The van der Waals surface area contributed by atoms with Gasteiger partial charge in [-0.15, -0.1) is 0 Å². The molecule has 0 saturated carbocycles. The van der Waals surface area contributed by atoms with Gasteiger partial charge in [-0.1, -0.05) is 58.0 Å². The first-order valence-electron chi connectivity index (χ1n) is 7.45. The topological polar surface area (TPSA) is 41.1 Å². The van der Waals surface area contributed by atoms with Crippen molar-refractivity contribution >= 4 is 5.91 Å². The molecule has 1 fully saturated rings. The molecule has 1 aliphatic heterocycles. The maximum absolute atomic E-state index is 12.5. The van der Waals surface area contributed by atoms with Crippen molar-refractivity contribution < 1.29 is 4.79 Å². The van der Waals surface area contributed by atoms with E-state index in [1.165, 1.54) is 5.56 Å².